The largest absolute Gasteiger partial charge is 0.493 e. The summed E-state index contributed by atoms with van der Waals surface area (Å²) >= 11 is 3.45. The molecular weight excluding hydrogens is 492 g/mol. The number of halogens is 1. The Morgan fingerprint density at radius 2 is 1.50 bits per heavy atom. The van der Waals surface area contributed by atoms with Crippen molar-refractivity contribution in [3.63, 3.8) is 0 Å². The highest BCUT2D eigenvalue weighted by Crippen LogP contribution is 2.34. The van der Waals surface area contributed by atoms with E-state index in [-0.39, 0.29) is 0 Å². The van der Waals surface area contributed by atoms with Crippen molar-refractivity contribution in [3.8, 4) is 28.5 Å². The number of fused-ring (bicyclic) bond motifs is 1. The first-order valence-corrected chi connectivity index (χ1v) is 11.7. The second kappa shape index (κ2) is 10.0. The van der Waals surface area contributed by atoms with Crippen molar-refractivity contribution in [1.82, 2.24) is 9.38 Å². The molecule has 0 aliphatic rings. The summed E-state index contributed by atoms with van der Waals surface area (Å²) in [6.07, 6.45) is 3.95. The van der Waals surface area contributed by atoms with Gasteiger partial charge in [-0.1, -0.05) is 58.4 Å². The lowest BCUT2D eigenvalue weighted by Crippen LogP contribution is -1.98. The number of benzene rings is 3. The fourth-order valence-corrected chi connectivity index (χ4v) is 3.93. The molecule has 170 valence electrons. The summed E-state index contributed by atoms with van der Waals surface area (Å²) in [5, 5.41) is 0. The Labute approximate surface area is 206 Å². The average molecular weight is 515 g/mol. The van der Waals surface area contributed by atoms with Gasteiger partial charge in [-0.2, -0.15) is 0 Å². The first kappa shape index (κ1) is 22.0. The minimum atomic E-state index is 0.458. The molecule has 5 nitrogen and oxygen atoms in total. The quantitative estimate of drug-likeness (QED) is 0.225. The van der Waals surface area contributed by atoms with Crippen LogP contribution in [0.15, 0.2) is 102 Å². The lowest BCUT2D eigenvalue weighted by Gasteiger charge is -2.12. The normalized spacial score (nSPS) is 10.9. The van der Waals surface area contributed by atoms with E-state index in [0.717, 1.165) is 38.3 Å². The van der Waals surface area contributed by atoms with Gasteiger partial charge in [0, 0.05) is 22.4 Å². The van der Waals surface area contributed by atoms with Gasteiger partial charge in [0.25, 0.3) is 0 Å². The fraction of sp³-hybridized carbons (Fsp3) is 0.107. The van der Waals surface area contributed by atoms with Crippen LogP contribution in [0.1, 0.15) is 11.1 Å². The average Bonchev–Trinajstić information content (AvgIpc) is 3.33. The van der Waals surface area contributed by atoms with Crippen molar-refractivity contribution >= 4 is 21.6 Å². The molecule has 5 rings (SSSR count). The molecule has 0 N–H and O–H groups in total. The SMILES string of the molecule is COc1cc(-c2cn3cccc(OCc4ccccc4)c3n2)ccc1OCc1ccc(Br)cc1. The molecule has 0 aliphatic carbocycles. The van der Waals surface area contributed by atoms with Gasteiger partial charge in [-0.25, -0.2) is 4.98 Å². The van der Waals surface area contributed by atoms with Crippen molar-refractivity contribution in [2.75, 3.05) is 7.11 Å². The Morgan fingerprint density at radius 3 is 2.26 bits per heavy atom. The Kier molecular flexibility index (Phi) is 6.49. The lowest BCUT2D eigenvalue weighted by atomic mass is 10.1. The molecule has 34 heavy (non-hydrogen) atoms. The number of hydrogen-bond acceptors (Lipinski definition) is 4. The summed E-state index contributed by atoms with van der Waals surface area (Å²) in [6.45, 7) is 0.945. The molecule has 0 amide bonds. The summed E-state index contributed by atoms with van der Waals surface area (Å²) in [5.74, 6) is 2.08. The van der Waals surface area contributed by atoms with Crippen LogP contribution in [0.25, 0.3) is 16.9 Å². The number of rotatable bonds is 8. The molecule has 0 saturated heterocycles. The molecule has 6 heteroatoms. The van der Waals surface area contributed by atoms with Gasteiger partial charge in [-0.05, 0) is 53.6 Å². The molecule has 2 heterocycles. The third-order valence-corrected chi connectivity index (χ3v) is 5.98. The van der Waals surface area contributed by atoms with Gasteiger partial charge in [-0.3, -0.25) is 0 Å². The zero-order valence-electron chi connectivity index (χ0n) is 18.6. The van der Waals surface area contributed by atoms with Crippen molar-refractivity contribution in [1.29, 1.82) is 0 Å². The third kappa shape index (κ3) is 4.92. The van der Waals surface area contributed by atoms with E-state index in [4.69, 9.17) is 19.2 Å². The van der Waals surface area contributed by atoms with E-state index in [9.17, 15) is 0 Å². The van der Waals surface area contributed by atoms with E-state index in [0.29, 0.717) is 24.7 Å². The Hall–Kier alpha value is -3.77. The van der Waals surface area contributed by atoms with Gasteiger partial charge in [0.2, 0.25) is 0 Å². The van der Waals surface area contributed by atoms with E-state index in [1.165, 1.54) is 0 Å². The number of pyridine rings is 1. The number of nitrogens with zero attached hydrogens (tertiary/aromatic N) is 2. The molecule has 0 spiro atoms. The monoisotopic (exact) mass is 514 g/mol. The van der Waals surface area contributed by atoms with Crippen LogP contribution in [-0.4, -0.2) is 16.5 Å². The molecule has 0 atom stereocenters. The van der Waals surface area contributed by atoms with Crippen molar-refractivity contribution in [3.05, 3.63) is 113 Å². The van der Waals surface area contributed by atoms with Crippen molar-refractivity contribution in [2.24, 2.45) is 0 Å². The summed E-state index contributed by atoms with van der Waals surface area (Å²) in [6, 6.07) is 27.9. The van der Waals surface area contributed by atoms with Gasteiger partial charge < -0.3 is 18.6 Å². The van der Waals surface area contributed by atoms with E-state index in [2.05, 4.69) is 15.9 Å². The molecule has 3 aromatic carbocycles. The van der Waals surface area contributed by atoms with Gasteiger partial charge in [0.05, 0.1) is 12.8 Å². The maximum absolute atomic E-state index is 6.07. The fourth-order valence-electron chi connectivity index (χ4n) is 3.66. The Morgan fingerprint density at radius 1 is 0.765 bits per heavy atom. The smallest absolute Gasteiger partial charge is 0.180 e. The minimum absolute atomic E-state index is 0.458. The molecule has 0 fully saturated rings. The van der Waals surface area contributed by atoms with Crippen LogP contribution in [0.3, 0.4) is 0 Å². The Bertz CT molecular complexity index is 1400. The van der Waals surface area contributed by atoms with Crippen LogP contribution in [0.4, 0.5) is 0 Å². The van der Waals surface area contributed by atoms with E-state index < -0.39 is 0 Å². The van der Waals surface area contributed by atoms with Crippen LogP contribution in [0.5, 0.6) is 17.2 Å². The molecule has 0 bridgehead atoms. The minimum Gasteiger partial charge on any atom is -0.493 e. The third-order valence-electron chi connectivity index (χ3n) is 5.45. The van der Waals surface area contributed by atoms with E-state index >= 15 is 0 Å². The number of ether oxygens (including phenoxy) is 3. The standard InChI is InChI=1S/C28H23BrN2O3/c1-32-27-16-22(11-14-25(27)33-19-21-9-12-23(29)13-10-21)24-17-31-15-5-8-26(28(31)30-24)34-18-20-6-3-2-4-7-20/h2-17H,18-19H2,1H3. The molecule has 0 aliphatic heterocycles. The van der Waals surface area contributed by atoms with Crippen molar-refractivity contribution in [2.45, 2.75) is 13.2 Å². The van der Waals surface area contributed by atoms with E-state index in [1.54, 1.807) is 7.11 Å². The summed E-state index contributed by atoms with van der Waals surface area (Å²) in [4.78, 5) is 4.84. The second-order valence-electron chi connectivity index (χ2n) is 7.78. The van der Waals surface area contributed by atoms with Crippen LogP contribution in [0.2, 0.25) is 0 Å². The number of imidazole rings is 1. The maximum atomic E-state index is 6.07. The molecule has 5 aromatic rings. The van der Waals surface area contributed by atoms with Crippen molar-refractivity contribution < 1.29 is 14.2 Å². The predicted molar refractivity (Wildman–Crippen MR) is 136 cm³/mol. The highest BCUT2D eigenvalue weighted by molar-refractivity contribution is 9.10. The maximum Gasteiger partial charge on any atom is 0.180 e. The second-order valence-corrected chi connectivity index (χ2v) is 8.70. The Balaban J connectivity index is 1.36. The summed E-state index contributed by atoms with van der Waals surface area (Å²) < 4.78 is 20.7. The highest BCUT2D eigenvalue weighted by Gasteiger charge is 2.13. The summed E-state index contributed by atoms with van der Waals surface area (Å²) in [5.41, 5.74) is 4.72. The highest BCUT2D eigenvalue weighted by atomic mass is 79.9. The molecule has 2 aromatic heterocycles. The predicted octanol–water partition coefficient (Wildman–Crippen LogP) is 6.93. The van der Waals surface area contributed by atoms with Gasteiger partial charge in [0.15, 0.2) is 22.9 Å². The van der Waals surface area contributed by atoms with Crippen LogP contribution < -0.4 is 14.2 Å². The van der Waals surface area contributed by atoms with Crippen LogP contribution in [-0.2, 0) is 13.2 Å². The van der Waals surface area contributed by atoms with E-state index in [1.807, 2.05) is 102 Å². The number of aromatic nitrogens is 2. The molecular formula is C28H23BrN2O3. The number of hydrogen-bond donors (Lipinski definition) is 0. The molecule has 0 saturated carbocycles. The summed E-state index contributed by atoms with van der Waals surface area (Å²) in [7, 11) is 1.64. The number of methoxy groups -OCH3 is 1. The first-order valence-electron chi connectivity index (χ1n) is 10.9. The molecule has 0 radical (unpaired) electrons. The van der Waals surface area contributed by atoms with Gasteiger partial charge in [-0.15, -0.1) is 0 Å². The zero-order chi connectivity index (χ0) is 23.3. The lowest BCUT2D eigenvalue weighted by molar-refractivity contribution is 0.284. The van der Waals surface area contributed by atoms with Crippen LogP contribution >= 0.6 is 15.9 Å². The van der Waals surface area contributed by atoms with Gasteiger partial charge >= 0.3 is 0 Å². The van der Waals surface area contributed by atoms with Gasteiger partial charge in [0.1, 0.15) is 13.2 Å². The zero-order valence-corrected chi connectivity index (χ0v) is 20.2. The topological polar surface area (TPSA) is 45.0 Å². The first-order chi connectivity index (χ1) is 16.7. The molecule has 0 unspecified atom stereocenters. The van der Waals surface area contributed by atoms with Crippen LogP contribution in [0, 0.1) is 0 Å².